The monoisotopic (exact) mass is 441 g/mol. The second-order valence-corrected chi connectivity index (χ2v) is 7.77. The van der Waals surface area contributed by atoms with Crippen LogP contribution in [-0.2, 0) is 6.54 Å². The van der Waals surface area contributed by atoms with Gasteiger partial charge in [-0.1, -0.05) is 41.9 Å². The second kappa shape index (κ2) is 9.61. The average molecular weight is 442 g/mol. The minimum Gasteiger partial charge on any atom is -0.394 e. The molecule has 3 rings (SSSR count). The van der Waals surface area contributed by atoms with Crippen molar-refractivity contribution in [2.45, 2.75) is 26.4 Å². The van der Waals surface area contributed by atoms with Gasteiger partial charge in [0.2, 0.25) is 5.95 Å². The van der Waals surface area contributed by atoms with Crippen LogP contribution in [-0.4, -0.2) is 32.7 Å². The van der Waals surface area contributed by atoms with Gasteiger partial charge in [-0.15, -0.1) is 0 Å². The predicted molar refractivity (Wildman–Crippen MR) is 116 cm³/mol. The van der Waals surface area contributed by atoms with Crippen molar-refractivity contribution in [3.05, 3.63) is 64.9 Å². The summed E-state index contributed by atoms with van der Waals surface area (Å²) in [5.74, 6) is 1.44. The Bertz CT molecular complexity index is 904. The lowest BCUT2D eigenvalue weighted by Crippen LogP contribution is -2.30. The first-order chi connectivity index (χ1) is 13.5. The summed E-state index contributed by atoms with van der Waals surface area (Å²) in [5, 5.41) is 16.3. The number of anilines is 2. The van der Waals surface area contributed by atoms with Gasteiger partial charge in [-0.05, 0) is 35.7 Å². The fourth-order valence-electron chi connectivity index (χ4n) is 2.70. The van der Waals surface area contributed by atoms with E-state index in [2.05, 4.69) is 53.6 Å². The van der Waals surface area contributed by atoms with E-state index in [1.54, 1.807) is 12.4 Å². The highest BCUT2D eigenvalue weighted by molar-refractivity contribution is 9.10. The van der Waals surface area contributed by atoms with E-state index >= 15 is 0 Å². The van der Waals surface area contributed by atoms with Gasteiger partial charge >= 0.3 is 0 Å². The number of nitrogens with zero attached hydrogens (tertiary/aromatic N) is 3. The van der Waals surface area contributed by atoms with E-state index in [0.29, 0.717) is 18.3 Å². The molecule has 0 amide bonds. The van der Waals surface area contributed by atoms with Crippen LogP contribution in [0.25, 0.3) is 11.3 Å². The fourth-order valence-corrected chi connectivity index (χ4v) is 3.15. The highest BCUT2D eigenvalue weighted by atomic mass is 79.9. The number of hydrogen-bond donors (Lipinski definition) is 3. The summed E-state index contributed by atoms with van der Waals surface area (Å²) < 4.78 is 1.04. The van der Waals surface area contributed by atoms with Crippen molar-refractivity contribution in [1.29, 1.82) is 0 Å². The van der Waals surface area contributed by atoms with Crippen LogP contribution in [0.1, 0.15) is 19.4 Å². The van der Waals surface area contributed by atoms with Crippen LogP contribution >= 0.6 is 15.9 Å². The molecule has 2 heterocycles. The Hall–Kier alpha value is -2.51. The topological polar surface area (TPSA) is 83.0 Å². The molecule has 1 atom stereocenters. The van der Waals surface area contributed by atoms with E-state index < -0.39 is 0 Å². The normalized spacial score (nSPS) is 12.0. The van der Waals surface area contributed by atoms with E-state index in [1.807, 2.05) is 44.2 Å². The number of aliphatic hydroxyl groups is 1. The van der Waals surface area contributed by atoms with Gasteiger partial charge in [0.1, 0.15) is 5.82 Å². The van der Waals surface area contributed by atoms with Gasteiger partial charge in [-0.2, -0.15) is 4.98 Å². The lowest BCUT2D eigenvalue weighted by molar-refractivity contribution is 0.248. The molecule has 0 aliphatic heterocycles. The van der Waals surface area contributed by atoms with E-state index in [1.165, 1.54) is 0 Å². The molecule has 0 fully saturated rings. The maximum absolute atomic E-state index is 9.65. The van der Waals surface area contributed by atoms with E-state index in [4.69, 9.17) is 0 Å². The molecule has 0 bridgehead atoms. The van der Waals surface area contributed by atoms with Crippen LogP contribution < -0.4 is 10.6 Å². The van der Waals surface area contributed by atoms with E-state index in [0.717, 1.165) is 21.3 Å². The highest BCUT2D eigenvalue weighted by Crippen LogP contribution is 2.22. The van der Waals surface area contributed by atoms with Crippen LogP contribution in [0.5, 0.6) is 0 Å². The van der Waals surface area contributed by atoms with Crippen molar-refractivity contribution in [3.8, 4) is 11.3 Å². The lowest BCUT2D eigenvalue weighted by Gasteiger charge is -2.20. The smallest absolute Gasteiger partial charge is 0.225 e. The largest absolute Gasteiger partial charge is 0.394 e. The fraction of sp³-hybridized carbons (Fsp3) is 0.286. The van der Waals surface area contributed by atoms with Gasteiger partial charge in [-0.3, -0.25) is 4.98 Å². The zero-order chi connectivity index (χ0) is 19.9. The maximum atomic E-state index is 9.65. The molecule has 0 unspecified atom stereocenters. The summed E-state index contributed by atoms with van der Waals surface area (Å²) >= 11 is 3.50. The Labute approximate surface area is 173 Å². The maximum Gasteiger partial charge on any atom is 0.225 e. The molecular weight excluding hydrogens is 418 g/mol. The van der Waals surface area contributed by atoms with Gasteiger partial charge in [0.15, 0.2) is 0 Å². The Kier molecular flexibility index (Phi) is 6.95. The number of rotatable bonds is 8. The number of aliphatic hydroxyl groups excluding tert-OH is 1. The Morgan fingerprint density at radius 3 is 2.54 bits per heavy atom. The Morgan fingerprint density at radius 1 is 1.07 bits per heavy atom. The Balaban J connectivity index is 1.88. The zero-order valence-electron chi connectivity index (χ0n) is 15.9. The number of nitrogens with one attached hydrogen (secondary N) is 2. The van der Waals surface area contributed by atoms with Crippen LogP contribution in [0.15, 0.2) is 59.3 Å². The predicted octanol–water partition coefficient (Wildman–Crippen LogP) is 4.34. The third-order valence-corrected chi connectivity index (χ3v) is 4.87. The van der Waals surface area contributed by atoms with Gasteiger partial charge in [0.25, 0.3) is 0 Å². The molecule has 1 aromatic carbocycles. The molecule has 0 aliphatic rings. The molecule has 0 saturated heterocycles. The van der Waals surface area contributed by atoms with Crippen LogP contribution in [0.2, 0.25) is 0 Å². The van der Waals surface area contributed by atoms with Crippen LogP contribution in [0.4, 0.5) is 11.8 Å². The van der Waals surface area contributed by atoms with Gasteiger partial charge < -0.3 is 15.7 Å². The summed E-state index contributed by atoms with van der Waals surface area (Å²) in [6.07, 6.45) is 3.48. The second-order valence-electron chi connectivity index (χ2n) is 6.86. The number of hydrogen-bond acceptors (Lipinski definition) is 6. The van der Waals surface area contributed by atoms with Crippen molar-refractivity contribution in [3.63, 3.8) is 0 Å². The van der Waals surface area contributed by atoms with Gasteiger partial charge in [-0.25, -0.2) is 4.98 Å². The molecule has 2 aromatic heterocycles. The number of pyridine rings is 1. The van der Waals surface area contributed by atoms with Crippen molar-refractivity contribution in [2.24, 2.45) is 5.92 Å². The van der Waals surface area contributed by atoms with Gasteiger partial charge in [0, 0.05) is 35.0 Å². The quantitative estimate of drug-likeness (QED) is 0.482. The standard InChI is InChI=1S/C21H24BrN5O/c1-14(2)19(13-28)26-21-25-18(16-6-8-23-9-7-16)11-20(27-21)24-12-15-4-3-5-17(22)10-15/h3-11,14,19,28H,12-13H2,1-2H3,(H2,24,25,26,27)/t19-/m1/s1. The summed E-state index contributed by atoms with van der Waals surface area (Å²) in [6.45, 7) is 4.75. The summed E-state index contributed by atoms with van der Waals surface area (Å²) in [4.78, 5) is 13.3. The molecule has 6 nitrogen and oxygen atoms in total. The molecule has 0 radical (unpaired) electrons. The van der Waals surface area contributed by atoms with Gasteiger partial charge in [0.05, 0.1) is 18.3 Å². The van der Waals surface area contributed by atoms with E-state index in [-0.39, 0.29) is 18.6 Å². The average Bonchev–Trinajstić information content (AvgIpc) is 2.71. The molecule has 28 heavy (non-hydrogen) atoms. The van der Waals surface area contributed by atoms with E-state index in [9.17, 15) is 5.11 Å². The SMILES string of the molecule is CC(C)[C@@H](CO)Nc1nc(NCc2cccc(Br)c2)cc(-c2ccncc2)n1. The number of halogens is 1. The van der Waals surface area contributed by atoms with Crippen LogP contribution in [0.3, 0.4) is 0 Å². The molecule has 146 valence electrons. The van der Waals surface area contributed by atoms with Crippen LogP contribution in [0, 0.1) is 5.92 Å². The third kappa shape index (κ3) is 5.50. The molecule has 3 N–H and O–H groups in total. The Morgan fingerprint density at radius 2 is 1.86 bits per heavy atom. The first-order valence-electron chi connectivity index (χ1n) is 9.20. The third-order valence-electron chi connectivity index (χ3n) is 4.38. The molecule has 0 spiro atoms. The van der Waals surface area contributed by atoms with Crippen molar-refractivity contribution < 1.29 is 5.11 Å². The van der Waals surface area contributed by atoms with Crippen molar-refractivity contribution in [1.82, 2.24) is 15.0 Å². The highest BCUT2D eigenvalue weighted by Gasteiger charge is 2.15. The molecule has 7 heteroatoms. The molecule has 3 aromatic rings. The minimum absolute atomic E-state index is 0.0152. The summed E-state index contributed by atoms with van der Waals surface area (Å²) in [6, 6.07) is 13.8. The van der Waals surface area contributed by atoms with Crippen molar-refractivity contribution >= 4 is 27.7 Å². The first-order valence-corrected chi connectivity index (χ1v) is 9.99. The summed E-state index contributed by atoms with van der Waals surface area (Å²) in [5.41, 5.74) is 2.89. The van der Waals surface area contributed by atoms with Crippen molar-refractivity contribution in [2.75, 3.05) is 17.2 Å². The molecular formula is C21H24BrN5O. The summed E-state index contributed by atoms with van der Waals surface area (Å²) in [7, 11) is 0. The molecule has 0 saturated carbocycles. The molecule has 0 aliphatic carbocycles. The number of aromatic nitrogens is 3. The first kappa shape index (κ1) is 20.2. The minimum atomic E-state index is -0.120. The zero-order valence-corrected chi connectivity index (χ0v) is 17.5. The lowest BCUT2D eigenvalue weighted by atomic mass is 10.1. The number of benzene rings is 1.